The standard InChI is InChI=1S/C4H8O2.C3H8O2/c1-2-6-4-3-5-1;1-5-3-2-4/h1-4H2;4H,2-3H2,1H3. The molecular weight excluding hydrogens is 148 g/mol. The molecule has 0 amide bonds. The van der Waals surface area contributed by atoms with Gasteiger partial charge in [-0.1, -0.05) is 0 Å². The first-order chi connectivity index (χ1) is 5.41. The summed E-state index contributed by atoms with van der Waals surface area (Å²) >= 11 is 0. The van der Waals surface area contributed by atoms with Gasteiger partial charge in [-0.15, -0.1) is 0 Å². The maximum Gasteiger partial charge on any atom is 0.0701 e. The van der Waals surface area contributed by atoms with Crippen molar-refractivity contribution in [3.05, 3.63) is 0 Å². The van der Waals surface area contributed by atoms with Gasteiger partial charge in [0.1, 0.15) is 0 Å². The Morgan fingerprint density at radius 3 is 1.73 bits per heavy atom. The largest absolute Gasteiger partial charge is 0.394 e. The molecule has 0 aromatic rings. The second-order valence-corrected chi connectivity index (χ2v) is 1.94. The number of ether oxygens (including phenoxy) is 3. The summed E-state index contributed by atoms with van der Waals surface area (Å²) in [4.78, 5) is 0. The molecule has 1 aliphatic heterocycles. The molecule has 68 valence electrons. The van der Waals surface area contributed by atoms with Crippen molar-refractivity contribution in [1.82, 2.24) is 0 Å². The molecule has 0 unspecified atom stereocenters. The Labute approximate surface area is 67.1 Å². The van der Waals surface area contributed by atoms with Gasteiger partial charge in [0.05, 0.1) is 39.6 Å². The Morgan fingerprint density at radius 1 is 1.18 bits per heavy atom. The van der Waals surface area contributed by atoms with Crippen LogP contribution >= 0.6 is 0 Å². The predicted molar refractivity (Wildman–Crippen MR) is 40.6 cm³/mol. The second kappa shape index (κ2) is 9.84. The summed E-state index contributed by atoms with van der Waals surface area (Å²) in [7, 11) is 1.55. The zero-order valence-corrected chi connectivity index (χ0v) is 6.91. The average molecular weight is 164 g/mol. The highest BCUT2D eigenvalue weighted by Crippen LogP contribution is 1.85. The molecule has 0 saturated carbocycles. The topological polar surface area (TPSA) is 47.9 Å². The van der Waals surface area contributed by atoms with Crippen molar-refractivity contribution in [3.8, 4) is 0 Å². The van der Waals surface area contributed by atoms with Crippen LogP contribution in [-0.2, 0) is 14.2 Å². The Hall–Kier alpha value is -0.160. The SMILES string of the molecule is C1COCCO1.COCCO. The van der Waals surface area contributed by atoms with Crippen molar-refractivity contribution in [2.45, 2.75) is 0 Å². The van der Waals surface area contributed by atoms with E-state index in [9.17, 15) is 0 Å². The average Bonchev–Trinajstić information content (AvgIpc) is 2.10. The van der Waals surface area contributed by atoms with Gasteiger partial charge in [0, 0.05) is 7.11 Å². The van der Waals surface area contributed by atoms with Crippen molar-refractivity contribution >= 4 is 0 Å². The van der Waals surface area contributed by atoms with E-state index in [0.29, 0.717) is 6.61 Å². The van der Waals surface area contributed by atoms with E-state index in [4.69, 9.17) is 14.6 Å². The monoisotopic (exact) mass is 164 g/mol. The quantitative estimate of drug-likeness (QED) is 0.606. The van der Waals surface area contributed by atoms with E-state index in [2.05, 4.69) is 4.74 Å². The highest BCUT2D eigenvalue weighted by molar-refractivity contribution is 4.37. The molecule has 0 aromatic carbocycles. The summed E-state index contributed by atoms with van der Waals surface area (Å²) < 4.78 is 14.3. The van der Waals surface area contributed by atoms with Crippen LogP contribution in [0.15, 0.2) is 0 Å². The number of hydrogen-bond donors (Lipinski definition) is 1. The maximum atomic E-state index is 7.94. The zero-order chi connectivity index (χ0) is 8.36. The fraction of sp³-hybridized carbons (Fsp3) is 1.00. The lowest BCUT2D eigenvalue weighted by Crippen LogP contribution is -2.16. The molecule has 0 aromatic heterocycles. The molecule has 4 nitrogen and oxygen atoms in total. The summed E-state index contributed by atoms with van der Waals surface area (Å²) in [5.41, 5.74) is 0. The third-order valence-electron chi connectivity index (χ3n) is 1.04. The normalized spacial score (nSPS) is 16.9. The smallest absolute Gasteiger partial charge is 0.0701 e. The molecule has 1 rings (SSSR count). The Kier molecular flexibility index (Phi) is 9.70. The minimum atomic E-state index is 0.122. The molecule has 1 heterocycles. The first kappa shape index (κ1) is 10.8. The van der Waals surface area contributed by atoms with Crippen LogP contribution in [0, 0.1) is 0 Å². The summed E-state index contributed by atoms with van der Waals surface area (Å²) in [5, 5.41) is 7.94. The number of hydrogen-bond acceptors (Lipinski definition) is 4. The van der Waals surface area contributed by atoms with Crippen molar-refractivity contribution in [2.75, 3.05) is 46.8 Å². The molecule has 0 atom stereocenters. The van der Waals surface area contributed by atoms with Crippen LogP contribution < -0.4 is 0 Å². The molecule has 1 fully saturated rings. The summed E-state index contributed by atoms with van der Waals surface area (Å²) in [6.07, 6.45) is 0. The Balaban J connectivity index is 0.000000187. The lowest BCUT2D eigenvalue weighted by molar-refractivity contribution is -0.0334. The molecular formula is C7H16O4. The van der Waals surface area contributed by atoms with Crippen LogP contribution in [0.2, 0.25) is 0 Å². The third-order valence-corrected chi connectivity index (χ3v) is 1.04. The van der Waals surface area contributed by atoms with Crippen LogP contribution in [0.5, 0.6) is 0 Å². The van der Waals surface area contributed by atoms with Gasteiger partial charge >= 0.3 is 0 Å². The van der Waals surface area contributed by atoms with E-state index >= 15 is 0 Å². The molecule has 0 aliphatic carbocycles. The summed E-state index contributed by atoms with van der Waals surface area (Å²) in [6.45, 7) is 3.68. The van der Waals surface area contributed by atoms with Gasteiger partial charge in [0.15, 0.2) is 0 Å². The molecule has 0 spiro atoms. The minimum absolute atomic E-state index is 0.122. The van der Waals surface area contributed by atoms with Gasteiger partial charge in [-0.3, -0.25) is 0 Å². The highest BCUT2D eigenvalue weighted by atomic mass is 16.6. The lowest BCUT2D eigenvalue weighted by atomic mass is 10.6. The van der Waals surface area contributed by atoms with Crippen LogP contribution in [0.3, 0.4) is 0 Å². The van der Waals surface area contributed by atoms with E-state index in [1.54, 1.807) is 7.11 Å². The Morgan fingerprint density at radius 2 is 1.64 bits per heavy atom. The molecule has 1 aliphatic rings. The molecule has 0 bridgehead atoms. The number of methoxy groups -OCH3 is 1. The van der Waals surface area contributed by atoms with Crippen molar-refractivity contribution < 1.29 is 19.3 Å². The van der Waals surface area contributed by atoms with Crippen LogP contribution in [-0.4, -0.2) is 51.9 Å². The van der Waals surface area contributed by atoms with E-state index < -0.39 is 0 Å². The van der Waals surface area contributed by atoms with Crippen LogP contribution in [0.25, 0.3) is 0 Å². The first-order valence-electron chi connectivity index (χ1n) is 3.67. The van der Waals surface area contributed by atoms with Gasteiger partial charge in [-0.05, 0) is 0 Å². The van der Waals surface area contributed by atoms with Gasteiger partial charge < -0.3 is 19.3 Å². The highest BCUT2D eigenvalue weighted by Gasteiger charge is 1.94. The number of aliphatic hydroxyl groups is 1. The zero-order valence-electron chi connectivity index (χ0n) is 6.91. The predicted octanol–water partition coefficient (Wildman–Crippen LogP) is -0.342. The van der Waals surface area contributed by atoms with E-state index in [1.807, 2.05) is 0 Å². The molecule has 11 heavy (non-hydrogen) atoms. The molecule has 1 saturated heterocycles. The van der Waals surface area contributed by atoms with Crippen molar-refractivity contribution in [1.29, 1.82) is 0 Å². The van der Waals surface area contributed by atoms with Crippen molar-refractivity contribution in [2.24, 2.45) is 0 Å². The van der Waals surface area contributed by atoms with Gasteiger partial charge in [-0.25, -0.2) is 0 Å². The van der Waals surface area contributed by atoms with Gasteiger partial charge in [0.25, 0.3) is 0 Å². The summed E-state index contributed by atoms with van der Waals surface area (Å²) in [6, 6.07) is 0. The first-order valence-corrected chi connectivity index (χ1v) is 3.67. The fourth-order valence-electron chi connectivity index (χ4n) is 0.531. The molecule has 1 N–H and O–H groups in total. The fourth-order valence-corrected chi connectivity index (χ4v) is 0.531. The lowest BCUT2D eigenvalue weighted by Gasteiger charge is -2.09. The molecule has 0 radical (unpaired) electrons. The van der Waals surface area contributed by atoms with Crippen molar-refractivity contribution in [3.63, 3.8) is 0 Å². The second-order valence-electron chi connectivity index (χ2n) is 1.94. The maximum absolute atomic E-state index is 7.94. The van der Waals surface area contributed by atoms with E-state index in [0.717, 1.165) is 26.4 Å². The van der Waals surface area contributed by atoms with Gasteiger partial charge in [-0.2, -0.15) is 0 Å². The summed E-state index contributed by atoms with van der Waals surface area (Å²) in [5.74, 6) is 0. The van der Waals surface area contributed by atoms with Crippen LogP contribution in [0.1, 0.15) is 0 Å². The van der Waals surface area contributed by atoms with E-state index in [1.165, 1.54) is 0 Å². The minimum Gasteiger partial charge on any atom is -0.394 e. The van der Waals surface area contributed by atoms with E-state index in [-0.39, 0.29) is 6.61 Å². The number of rotatable bonds is 2. The third kappa shape index (κ3) is 9.84. The molecule has 4 heteroatoms. The van der Waals surface area contributed by atoms with Crippen LogP contribution in [0.4, 0.5) is 0 Å². The Bertz CT molecular complexity index is 50.0. The van der Waals surface area contributed by atoms with Gasteiger partial charge in [0.2, 0.25) is 0 Å². The number of aliphatic hydroxyl groups excluding tert-OH is 1.